The largest absolute Gasteiger partial charge is 0.472 e. The Morgan fingerprint density at radius 3 is 0.889 bits per heavy atom. The standard InChI is InChI=1S/C80H126NO8P/c1-6-8-10-12-14-16-18-20-22-24-26-28-30-32-34-36-37-38-39-40-41-42-43-45-47-49-51-53-55-57-59-61-63-65-67-69-71-73-80(83)89-78(77-88-90(84,85)87-75-74-81(3,4)5)76-86-79(82)72-70-68-66-64-62-60-58-56-54-52-50-48-46-44-35-33-31-29-27-25-23-21-19-17-15-13-11-9-7-2/h8-11,14-17,20-23,26-29,32-35,37-38,40-41,43,45-46,48-49,51-52,54,58,60,78H,6-7,12-13,18-19,24-25,30-31,36,39,42,44,47,50,53,55-57,59,61-77H2,1-5H3/p+1/b10-8-,11-9-,16-14-,17-15-,22-20-,23-21-,28-26-,29-27-,34-32-,35-33-,38-37-,41-40-,45-43-,48-46-,51-49-,54-52-,60-58-. The number of nitrogens with zero attached hydrogens (tertiary/aromatic N) is 1. The molecule has 0 aromatic carbocycles. The average Bonchev–Trinajstić information content (AvgIpc) is 3.58. The third-order valence-corrected chi connectivity index (χ3v) is 14.8. The van der Waals surface area contributed by atoms with E-state index in [0.717, 1.165) is 161 Å². The summed E-state index contributed by atoms with van der Waals surface area (Å²) in [6, 6.07) is 0. The van der Waals surface area contributed by atoms with Gasteiger partial charge in [-0.25, -0.2) is 4.57 Å². The normalized spacial score (nSPS) is 14.4. The zero-order chi connectivity index (χ0) is 65.5. The van der Waals surface area contributed by atoms with Crippen molar-refractivity contribution in [1.29, 1.82) is 0 Å². The maximum atomic E-state index is 12.9. The van der Waals surface area contributed by atoms with Crippen molar-refractivity contribution in [2.45, 2.75) is 238 Å². The van der Waals surface area contributed by atoms with Gasteiger partial charge in [0.2, 0.25) is 0 Å². The minimum atomic E-state index is -4.42. The number of phosphoric acid groups is 1. The second-order valence-corrected chi connectivity index (χ2v) is 24.9. The van der Waals surface area contributed by atoms with Gasteiger partial charge in [-0.1, -0.05) is 278 Å². The summed E-state index contributed by atoms with van der Waals surface area (Å²) in [6.45, 7) is 4.14. The Morgan fingerprint density at radius 1 is 0.344 bits per heavy atom. The topological polar surface area (TPSA) is 108 Å². The van der Waals surface area contributed by atoms with Crippen molar-refractivity contribution >= 4 is 19.8 Å². The highest BCUT2D eigenvalue weighted by Gasteiger charge is 2.27. The first kappa shape index (κ1) is 84.6. The molecule has 1 N–H and O–H groups in total. The molecule has 0 fully saturated rings. The number of unbranched alkanes of at least 4 members (excludes halogenated alkanes) is 13. The number of hydrogen-bond acceptors (Lipinski definition) is 7. The molecule has 10 heteroatoms. The van der Waals surface area contributed by atoms with Gasteiger partial charge in [-0.3, -0.25) is 18.6 Å². The molecule has 90 heavy (non-hydrogen) atoms. The number of esters is 2. The van der Waals surface area contributed by atoms with E-state index in [2.05, 4.69) is 220 Å². The van der Waals surface area contributed by atoms with Gasteiger partial charge in [0.25, 0.3) is 0 Å². The number of allylic oxidation sites excluding steroid dienone is 34. The Hall–Kier alpha value is -5.41. The molecule has 0 heterocycles. The molecule has 9 nitrogen and oxygen atoms in total. The van der Waals surface area contributed by atoms with Crippen molar-refractivity contribution in [2.75, 3.05) is 47.5 Å². The third-order valence-electron chi connectivity index (χ3n) is 13.8. The van der Waals surface area contributed by atoms with Crippen LogP contribution in [0.15, 0.2) is 207 Å². The van der Waals surface area contributed by atoms with E-state index in [-0.39, 0.29) is 26.1 Å². The molecule has 0 saturated carbocycles. The monoisotopic (exact) mass is 1260 g/mol. The van der Waals surface area contributed by atoms with Crippen molar-refractivity contribution in [1.82, 2.24) is 0 Å². The molecule has 504 valence electrons. The van der Waals surface area contributed by atoms with Crippen LogP contribution in [0.4, 0.5) is 0 Å². The van der Waals surface area contributed by atoms with Crippen LogP contribution in [0.2, 0.25) is 0 Å². The molecule has 0 aromatic heterocycles. The molecule has 0 bridgehead atoms. The van der Waals surface area contributed by atoms with Gasteiger partial charge >= 0.3 is 19.8 Å². The minimum Gasteiger partial charge on any atom is -0.462 e. The molecule has 0 amide bonds. The second-order valence-electron chi connectivity index (χ2n) is 23.4. The van der Waals surface area contributed by atoms with Crippen LogP contribution in [0, 0.1) is 0 Å². The molecule has 2 atom stereocenters. The smallest absolute Gasteiger partial charge is 0.462 e. The van der Waals surface area contributed by atoms with Gasteiger partial charge in [-0.15, -0.1) is 0 Å². The van der Waals surface area contributed by atoms with Gasteiger partial charge in [0.05, 0.1) is 27.7 Å². The fourth-order valence-electron chi connectivity index (χ4n) is 8.55. The van der Waals surface area contributed by atoms with E-state index in [4.69, 9.17) is 18.5 Å². The van der Waals surface area contributed by atoms with Gasteiger partial charge in [0, 0.05) is 12.8 Å². The van der Waals surface area contributed by atoms with Crippen molar-refractivity contribution in [2.24, 2.45) is 0 Å². The number of rotatable bonds is 61. The summed E-state index contributed by atoms with van der Waals surface area (Å²) in [5, 5.41) is 0. The Kier molecular flexibility index (Phi) is 63.9. The molecule has 0 saturated heterocycles. The molecule has 0 rings (SSSR count). The van der Waals surface area contributed by atoms with Gasteiger partial charge in [-0.2, -0.15) is 0 Å². The number of ether oxygens (including phenoxy) is 2. The summed E-state index contributed by atoms with van der Waals surface area (Å²) < 4.78 is 34.7. The predicted octanol–water partition coefficient (Wildman–Crippen LogP) is 23.0. The summed E-state index contributed by atoms with van der Waals surface area (Å²) in [4.78, 5) is 35.9. The molecule has 0 aromatic rings. The van der Waals surface area contributed by atoms with Crippen molar-refractivity contribution in [3.05, 3.63) is 207 Å². The molecular weight excluding hydrogens is 1130 g/mol. The van der Waals surface area contributed by atoms with E-state index in [1.807, 2.05) is 21.1 Å². The highest BCUT2D eigenvalue weighted by atomic mass is 31.2. The maximum Gasteiger partial charge on any atom is 0.472 e. The first-order chi connectivity index (χ1) is 44.0. The van der Waals surface area contributed by atoms with Gasteiger partial charge in [-0.05, 0) is 148 Å². The highest BCUT2D eigenvalue weighted by molar-refractivity contribution is 7.47. The summed E-state index contributed by atoms with van der Waals surface area (Å²) >= 11 is 0. The van der Waals surface area contributed by atoms with Crippen molar-refractivity contribution in [3.63, 3.8) is 0 Å². The van der Waals surface area contributed by atoms with Crippen molar-refractivity contribution in [3.8, 4) is 0 Å². The first-order valence-electron chi connectivity index (χ1n) is 34.8. The van der Waals surface area contributed by atoms with Crippen LogP contribution in [-0.2, 0) is 32.7 Å². The van der Waals surface area contributed by atoms with E-state index < -0.39 is 32.5 Å². The van der Waals surface area contributed by atoms with Crippen LogP contribution in [0.25, 0.3) is 0 Å². The molecule has 0 aliphatic heterocycles. The van der Waals surface area contributed by atoms with E-state index >= 15 is 0 Å². The number of carbonyl (C=O) groups is 2. The van der Waals surface area contributed by atoms with Crippen LogP contribution >= 0.6 is 7.82 Å². The lowest BCUT2D eigenvalue weighted by Crippen LogP contribution is -2.37. The molecule has 0 aliphatic carbocycles. The Balaban J connectivity index is 4.21. The number of phosphoric ester groups is 1. The van der Waals surface area contributed by atoms with Gasteiger partial charge in [0.1, 0.15) is 19.8 Å². The van der Waals surface area contributed by atoms with E-state index in [1.165, 1.54) is 32.1 Å². The molecule has 0 spiro atoms. The molecule has 0 aliphatic rings. The lowest BCUT2D eigenvalue weighted by Gasteiger charge is -2.24. The van der Waals surface area contributed by atoms with Crippen LogP contribution in [0.3, 0.4) is 0 Å². The molecule has 0 radical (unpaired) electrons. The number of quaternary nitrogens is 1. The van der Waals surface area contributed by atoms with Gasteiger partial charge in [0.15, 0.2) is 6.10 Å². The summed E-state index contributed by atoms with van der Waals surface area (Å²) in [5.41, 5.74) is 0. The zero-order valence-corrected chi connectivity index (χ0v) is 58.2. The number of likely N-dealkylation sites (N-methyl/N-ethyl adjacent to an activating group) is 1. The van der Waals surface area contributed by atoms with Crippen molar-refractivity contribution < 1.29 is 42.1 Å². The van der Waals surface area contributed by atoms with Crippen LogP contribution in [-0.4, -0.2) is 74.9 Å². The maximum absolute atomic E-state index is 12.9. The van der Waals surface area contributed by atoms with E-state index in [9.17, 15) is 19.0 Å². The Labute approximate surface area is 551 Å². The number of carbonyl (C=O) groups excluding carboxylic acids is 2. The average molecular weight is 1260 g/mol. The third kappa shape index (κ3) is 71.7. The SMILES string of the molecule is CC/C=C\C/C=C\C/C=C\C/C=C\C/C=C\C/C=C\C/C=C\C/C=C\C/C=C\CCCCCCCCCCCC(=O)OC(COC(=O)CCCCCC/C=C\C/C=C\C/C=C\C/C=C\C/C=C\C/C=C\C/C=C\C/C=C\CC)COP(=O)(O)OCC[N+](C)(C)C. The summed E-state index contributed by atoms with van der Waals surface area (Å²) in [7, 11) is 1.43. The predicted molar refractivity (Wildman–Crippen MR) is 389 cm³/mol. The lowest BCUT2D eigenvalue weighted by molar-refractivity contribution is -0.870. The minimum absolute atomic E-state index is 0.0140. The summed E-state index contributed by atoms with van der Waals surface area (Å²) in [6.07, 6.45) is 108. The molecule has 2 unspecified atom stereocenters. The fraction of sp³-hybridized carbons (Fsp3) is 0.550. The Morgan fingerprint density at radius 2 is 0.600 bits per heavy atom. The summed E-state index contributed by atoms with van der Waals surface area (Å²) in [5.74, 6) is -0.850. The van der Waals surface area contributed by atoms with E-state index in [1.54, 1.807) is 0 Å². The van der Waals surface area contributed by atoms with Crippen LogP contribution in [0.5, 0.6) is 0 Å². The Bertz CT molecular complexity index is 2270. The van der Waals surface area contributed by atoms with Crippen LogP contribution in [0.1, 0.15) is 232 Å². The van der Waals surface area contributed by atoms with Crippen LogP contribution < -0.4 is 0 Å². The van der Waals surface area contributed by atoms with Gasteiger partial charge < -0.3 is 18.9 Å². The quantitative estimate of drug-likeness (QED) is 0.0211. The fourth-order valence-corrected chi connectivity index (χ4v) is 9.29. The molecular formula is C80H127NO8P+. The second kappa shape index (κ2) is 68.0. The lowest BCUT2D eigenvalue weighted by atomic mass is 10.1. The van der Waals surface area contributed by atoms with E-state index in [0.29, 0.717) is 23.9 Å². The highest BCUT2D eigenvalue weighted by Crippen LogP contribution is 2.43. The zero-order valence-electron chi connectivity index (χ0n) is 57.3. The first-order valence-corrected chi connectivity index (χ1v) is 36.3. The number of hydrogen-bond donors (Lipinski definition) is 1.